The predicted octanol–water partition coefficient (Wildman–Crippen LogP) is 7.87. The second kappa shape index (κ2) is 7.68. The maximum atomic E-state index is 6.19. The summed E-state index contributed by atoms with van der Waals surface area (Å²) in [7, 11) is 0. The normalized spacial score (nSPS) is 11.9. The van der Waals surface area contributed by atoms with Gasteiger partial charge in [-0.2, -0.15) is 0 Å². The van der Waals surface area contributed by atoms with E-state index in [0.717, 1.165) is 31.9 Å². The number of halogens is 1. The molecular weight excluding hydrogens is 495 g/mol. The molecule has 0 atom stereocenters. The Morgan fingerprint density at radius 3 is 2.35 bits per heavy atom. The molecule has 2 heterocycles. The van der Waals surface area contributed by atoms with Gasteiger partial charge in [-0.05, 0) is 82.1 Å². The minimum absolute atomic E-state index is 0.0508. The highest BCUT2D eigenvalue weighted by atomic mass is 127. The summed E-state index contributed by atoms with van der Waals surface area (Å²) >= 11 is 2.30. The van der Waals surface area contributed by atoms with Crippen molar-refractivity contribution in [3.8, 4) is 17.3 Å². The van der Waals surface area contributed by atoms with Gasteiger partial charge in [0.25, 0.3) is 0 Å². The van der Waals surface area contributed by atoms with E-state index >= 15 is 0 Å². The summed E-state index contributed by atoms with van der Waals surface area (Å²) in [5.74, 6) is 2.57. The van der Waals surface area contributed by atoms with Crippen molar-refractivity contribution >= 4 is 44.4 Å². The van der Waals surface area contributed by atoms with E-state index in [1.54, 1.807) is 0 Å². The lowest BCUT2D eigenvalue weighted by molar-refractivity contribution is 0.483. The maximum absolute atomic E-state index is 6.19. The second-order valence-corrected chi connectivity index (χ2v) is 9.99. The number of aromatic nitrogens is 2. The Hall–Kier alpha value is -2.86. The number of hydrogen-bond donors (Lipinski definition) is 0. The molecule has 3 nitrogen and oxygen atoms in total. The zero-order valence-corrected chi connectivity index (χ0v) is 19.9. The molecule has 2 aromatic heterocycles. The van der Waals surface area contributed by atoms with Crippen LogP contribution in [0.5, 0.6) is 11.5 Å². The van der Waals surface area contributed by atoms with Gasteiger partial charge < -0.3 is 4.74 Å². The Bertz CT molecular complexity index is 1410. The van der Waals surface area contributed by atoms with Crippen LogP contribution in [0.1, 0.15) is 26.3 Å². The van der Waals surface area contributed by atoms with Gasteiger partial charge in [-0.1, -0.05) is 45.0 Å². The van der Waals surface area contributed by atoms with Crippen LogP contribution in [0.2, 0.25) is 0 Å². The standard InChI is InChI=1S/C27H23IN2O/c1-27(2,3)18-13-14-29-26(15-18)30-24-10-5-4-9-22(24)23-12-11-21(17-25(23)30)31-20-8-6-7-19(28)16-20/h4-17H,1-3H3. The second-order valence-electron chi connectivity index (χ2n) is 8.74. The van der Waals surface area contributed by atoms with Gasteiger partial charge in [0.2, 0.25) is 0 Å². The molecule has 5 aromatic rings. The zero-order chi connectivity index (χ0) is 21.6. The Kier molecular flexibility index (Phi) is 4.97. The van der Waals surface area contributed by atoms with Gasteiger partial charge in [0, 0.05) is 26.6 Å². The van der Waals surface area contributed by atoms with Gasteiger partial charge in [0.05, 0.1) is 11.0 Å². The summed E-state index contributed by atoms with van der Waals surface area (Å²) in [5.41, 5.74) is 3.54. The van der Waals surface area contributed by atoms with Crippen LogP contribution in [0.15, 0.2) is 85.1 Å². The van der Waals surface area contributed by atoms with Gasteiger partial charge in [0.15, 0.2) is 0 Å². The summed E-state index contributed by atoms with van der Waals surface area (Å²) in [6.45, 7) is 6.68. The predicted molar refractivity (Wildman–Crippen MR) is 137 cm³/mol. The van der Waals surface area contributed by atoms with Crippen LogP contribution >= 0.6 is 22.6 Å². The Labute approximate surface area is 195 Å². The Morgan fingerprint density at radius 1 is 0.774 bits per heavy atom. The number of para-hydroxylation sites is 1. The van der Waals surface area contributed by atoms with Crippen LogP contribution in [0.3, 0.4) is 0 Å². The van der Waals surface area contributed by atoms with Gasteiger partial charge in [0.1, 0.15) is 17.3 Å². The smallest absolute Gasteiger partial charge is 0.137 e. The van der Waals surface area contributed by atoms with Gasteiger partial charge in [-0.15, -0.1) is 0 Å². The topological polar surface area (TPSA) is 27.1 Å². The first-order chi connectivity index (χ1) is 14.9. The molecule has 0 fully saturated rings. The van der Waals surface area contributed by atoms with Gasteiger partial charge in [-0.3, -0.25) is 4.57 Å². The molecule has 5 rings (SSSR count). The molecule has 31 heavy (non-hydrogen) atoms. The van der Waals surface area contributed by atoms with E-state index < -0.39 is 0 Å². The third-order valence-electron chi connectivity index (χ3n) is 5.52. The summed E-state index contributed by atoms with van der Waals surface area (Å²) in [6, 6.07) is 27.2. The first-order valence-electron chi connectivity index (χ1n) is 10.3. The molecule has 0 bridgehead atoms. The molecule has 0 radical (unpaired) electrons. The molecule has 4 heteroatoms. The summed E-state index contributed by atoms with van der Waals surface area (Å²) in [5, 5.41) is 2.40. The molecule has 0 aliphatic carbocycles. The average Bonchev–Trinajstić information content (AvgIpc) is 3.07. The van der Waals surface area contributed by atoms with E-state index in [0.29, 0.717) is 0 Å². The molecule has 0 saturated heterocycles. The van der Waals surface area contributed by atoms with Crippen molar-refractivity contribution in [1.82, 2.24) is 9.55 Å². The van der Waals surface area contributed by atoms with Crippen molar-refractivity contribution in [2.24, 2.45) is 0 Å². The lowest BCUT2D eigenvalue weighted by Gasteiger charge is -2.20. The summed E-state index contributed by atoms with van der Waals surface area (Å²) < 4.78 is 9.58. The molecular formula is C27H23IN2O. The SMILES string of the molecule is CC(C)(C)c1ccnc(-n2c3ccccc3c3ccc(Oc4cccc(I)c4)cc32)c1. The monoisotopic (exact) mass is 518 g/mol. The fourth-order valence-electron chi connectivity index (χ4n) is 3.93. The number of ether oxygens (including phenoxy) is 1. The molecule has 0 aliphatic rings. The van der Waals surface area contributed by atoms with Crippen molar-refractivity contribution in [3.63, 3.8) is 0 Å². The molecule has 0 amide bonds. The lowest BCUT2D eigenvalue weighted by Crippen LogP contribution is -2.12. The molecule has 3 aromatic carbocycles. The first kappa shape index (κ1) is 20.1. The average molecular weight is 518 g/mol. The van der Waals surface area contributed by atoms with Crippen LogP contribution in [0.4, 0.5) is 0 Å². The third kappa shape index (κ3) is 3.81. The Balaban J connectivity index is 1.72. The van der Waals surface area contributed by atoms with E-state index in [1.165, 1.54) is 16.3 Å². The number of nitrogens with zero attached hydrogens (tertiary/aromatic N) is 2. The van der Waals surface area contributed by atoms with Crippen LogP contribution in [0, 0.1) is 3.57 Å². The fourth-order valence-corrected chi connectivity index (χ4v) is 4.45. The fraction of sp³-hybridized carbons (Fsp3) is 0.148. The van der Waals surface area contributed by atoms with E-state index in [4.69, 9.17) is 9.72 Å². The highest BCUT2D eigenvalue weighted by Crippen LogP contribution is 2.35. The molecule has 0 unspecified atom stereocenters. The van der Waals surface area contributed by atoms with E-state index in [-0.39, 0.29) is 5.41 Å². The van der Waals surface area contributed by atoms with E-state index in [9.17, 15) is 0 Å². The highest BCUT2D eigenvalue weighted by molar-refractivity contribution is 14.1. The quantitative estimate of drug-likeness (QED) is 0.227. The molecule has 0 aliphatic heterocycles. The van der Waals surface area contributed by atoms with Gasteiger partial charge >= 0.3 is 0 Å². The third-order valence-corrected chi connectivity index (χ3v) is 6.19. The number of benzene rings is 3. The summed E-state index contributed by atoms with van der Waals surface area (Å²) in [6.07, 6.45) is 1.91. The van der Waals surface area contributed by atoms with Crippen molar-refractivity contribution in [3.05, 3.63) is 94.2 Å². The number of pyridine rings is 1. The van der Waals surface area contributed by atoms with Crippen molar-refractivity contribution < 1.29 is 4.74 Å². The van der Waals surface area contributed by atoms with Crippen LogP contribution in [0.25, 0.3) is 27.6 Å². The van der Waals surface area contributed by atoms with Crippen LogP contribution in [-0.4, -0.2) is 9.55 Å². The minimum Gasteiger partial charge on any atom is -0.457 e. The van der Waals surface area contributed by atoms with Crippen LogP contribution in [-0.2, 0) is 5.41 Å². The Morgan fingerprint density at radius 2 is 1.55 bits per heavy atom. The number of rotatable bonds is 3. The molecule has 0 spiro atoms. The van der Waals surface area contributed by atoms with Crippen LogP contribution < -0.4 is 4.74 Å². The van der Waals surface area contributed by atoms with E-state index in [2.05, 4.69) is 103 Å². The highest BCUT2D eigenvalue weighted by Gasteiger charge is 2.18. The lowest BCUT2D eigenvalue weighted by atomic mass is 9.88. The molecule has 0 saturated carbocycles. The number of hydrogen-bond acceptors (Lipinski definition) is 2. The molecule has 154 valence electrons. The van der Waals surface area contributed by atoms with Crippen molar-refractivity contribution in [2.75, 3.05) is 0 Å². The van der Waals surface area contributed by atoms with E-state index in [1.807, 2.05) is 30.5 Å². The van der Waals surface area contributed by atoms with Crippen molar-refractivity contribution in [2.45, 2.75) is 26.2 Å². The minimum atomic E-state index is 0.0508. The van der Waals surface area contributed by atoms with Crippen molar-refractivity contribution in [1.29, 1.82) is 0 Å². The largest absolute Gasteiger partial charge is 0.457 e. The summed E-state index contributed by atoms with van der Waals surface area (Å²) in [4.78, 5) is 4.74. The number of fused-ring (bicyclic) bond motifs is 3. The maximum Gasteiger partial charge on any atom is 0.137 e. The zero-order valence-electron chi connectivity index (χ0n) is 17.8. The molecule has 0 N–H and O–H groups in total. The van der Waals surface area contributed by atoms with Gasteiger partial charge in [-0.25, -0.2) is 4.98 Å². The first-order valence-corrected chi connectivity index (χ1v) is 11.4.